The molecule has 0 radical (unpaired) electrons. The third-order valence-electron chi connectivity index (χ3n) is 4.19. The van der Waals surface area contributed by atoms with E-state index in [4.69, 9.17) is 9.84 Å². The lowest BCUT2D eigenvalue weighted by atomic mass is 10.0. The molecule has 0 amide bonds. The summed E-state index contributed by atoms with van der Waals surface area (Å²) in [5, 5.41) is 9.10. The van der Waals surface area contributed by atoms with Gasteiger partial charge in [-0.05, 0) is 57.7 Å². The molecule has 1 N–H and O–H groups in total. The Labute approximate surface area is 126 Å². The van der Waals surface area contributed by atoms with Crippen molar-refractivity contribution in [3.05, 3.63) is 29.3 Å². The largest absolute Gasteiger partial charge is 0.496 e. The predicted octanol–water partition coefficient (Wildman–Crippen LogP) is 1.92. The summed E-state index contributed by atoms with van der Waals surface area (Å²) in [6.07, 6.45) is 2.36. The van der Waals surface area contributed by atoms with E-state index < -0.39 is 5.97 Å². The molecule has 1 saturated heterocycles. The monoisotopic (exact) mass is 292 g/mol. The number of carboxylic acids is 1. The number of hydrogen-bond donors (Lipinski definition) is 1. The highest BCUT2D eigenvalue weighted by molar-refractivity contribution is 5.90. The van der Waals surface area contributed by atoms with Crippen molar-refractivity contribution < 1.29 is 14.6 Å². The Morgan fingerprint density at radius 2 is 2.05 bits per heavy atom. The van der Waals surface area contributed by atoms with Crippen molar-refractivity contribution in [1.82, 2.24) is 9.80 Å². The highest BCUT2D eigenvalue weighted by Crippen LogP contribution is 2.22. The number of carboxylic acid groups (broad SMARTS) is 1. The molecule has 21 heavy (non-hydrogen) atoms. The zero-order valence-corrected chi connectivity index (χ0v) is 13.0. The maximum Gasteiger partial charge on any atom is 0.339 e. The zero-order valence-electron chi connectivity index (χ0n) is 13.0. The van der Waals surface area contributed by atoms with Crippen LogP contribution in [0, 0.1) is 0 Å². The molecule has 116 valence electrons. The number of benzene rings is 1. The first kappa shape index (κ1) is 15.8. The number of carbonyl (C=O) groups is 1. The van der Waals surface area contributed by atoms with Crippen molar-refractivity contribution >= 4 is 5.97 Å². The van der Waals surface area contributed by atoms with Crippen LogP contribution >= 0.6 is 0 Å². The molecule has 1 aliphatic rings. The number of hydrogen-bond acceptors (Lipinski definition) is 4. The van der Waals surface area contributed by atoms with Gasteiger partial charge in [-0.2, -0.15) is 0 Å². The van der Waals surface area contributed by atoms with Crippen molar-refractivity contribution in [2.45, 2.75) is 25.4 Å². The second-order valence-electron chi connectivity index (χ2n) is 5.81. The highest BCUT2D eigenvalue weighted by atomic mass is 16.5. The van der Waals surface area contributed by atoms with Crippen molar-refractivity contribution in [1.29, 1.82) is 0 Å². The fraction of sp³-hybridized carbons (Fsp3) is 0.562. The average molecular weight is 292 g/mol. The van der Waals surface area contributed by atoms with Crippen LogP contribution in [0.5, 0.6) is 5.75 Å². The van der Waals surface area contributed by atoms with Gasteiger partial charge in [0.1, 0.15) is 11.3 Å². The maximum absolute atomic E-state index is 11.1. The summed E-state index contributed by atoms with van der Waals surface area (Å²) >= 11 is 0. The summed E-state index contributed by atoms with van der Waals surface area (Å²) in [6.45, 7) is 2.99. The molecule has 0 aliphatic carbocycles. The molecule has 1 fully saturated rings. The Morgan fingerprint density at radius 3 is 2.57 bits per heavy atom. The van der Waals surface area contributed by atoms with Gasteiger partial charge in [-0.25, -0.2) is 4.79 Å². The summed E-state index contributed by atoms with van der Waals surface area (Å²) in [4.78, 5) is 15.8. The van der Waals surface area contributed by atoms with Gasteiger partial charge in [0.15, 0.2) is 0 Å². The number of rotatable bonds is 5. The van der Waals surface area contributed by atoms with Crippen LogP contribution in [-0.4, -0.2) is 61.2 Å². The number of nitrogens with zero attached hydrogens (tertiary/aromatic N) is 2. The van der Waals surface area contributed by atoms with Gasteiger partial charge in [-0.1, -0.05) is 6.07 Å². The first-order valence-corrected chi connectivity index (χ1v) is 7.30. The molecule has 0 spiro atoms. The first-order chi connectivity index (χ1) is 10.0. The van der Waals surface area contributed by atoms with E-state index in [0.717, 1.165) is 25.2 Å². The van der Waals surface area contributed by atoms with E-state index in [2.05, 4.69) is 23.9 Å². The topological polar surface area (TPSA) is 53.0 Å². The third kappa shape index (κ3) is 3.95. The summed E-state index contributed by atoms with van der Waals surface area (Å²) < 4.78 is 5.18. The SMILES string of the molecule is COc1cc(CN2CCC(N(C)C)CC2)ccc1C(=O)O. The van der Waals surface area contributed by atoms with Gasteiger partial charge in [0.2, 0.25) is 0 Å². The fourth-order valence-corrected chi connectivity index (χ4v) is 2.86. The Morgan fingerprint density at radius 1 is 1.38 bits per heavy atom. The van der Waals surface area contributed by atoms with Crippen LogP contribution in [0.1, 0.15) is 28.8 Å². The van der Waals surface area contributed by atoms with Crippen LogP contribution in [0.15, 0.2) is 18.2 Å². The van der Waals surface area contributed by atoms with Gasteiger partial charge < -0.3 is 14.7 Å². The van der Waals surface area contributed by atoms with Crippen molar-refractivity contribution in [3.63, 3.8) is 0 Å². The second-order valence-corrected chi connectivity index (χ2v) is 5.81. The summed E-state index contributed by atoms with van der Waals surface area (Å²) in [7, 11) is 5.78. The number of ether oxygens (including phenoxy) is 1. The molecule has 1 aromatic rings. The Hall–Kier alpha value is -1.59. The van der Waals surface area contributed by atoms with Crippen LogP contribution in [0.25, 0.3) is 0 Å². The lowest BCUT2D eigenvalue weighted by Gasteiger charge is -2.35. The molecule has 2 rings (SSSR count). The number of methoxy groups -OCH3 is 1. The van der Waals surface area contributed by atoms with Crippen molar-refractivity contribution in [3.8, 4) is 5.75 Å². The Bertz CT molecular complexity index is 494. The molecule has 0 bridgehead atoms. The number of likely N-dealkylation sites (tertiary alicyclic amines) is 1. The number of aromatic carboxylic acids is 1. The van der Waals surface area contributed by atoms with Crippen LogP contribution in [0.2, 0.25) is 0 Å². The molecule has 0 saturated carbocycles. The van der Waals surface area contributed by atoms with Gasteiger partial charge in [-0.15, -0.1) is 0 Å². The lowest BCUT2D eigenvalue weighted by molar-refractivity contribution is 0.0693. The van der Waals surface area contributed by atoms with Crippen LogP contribution in [-0.2, 0) is 6.54 Å². The summed E-state index contributed by atoms with van der Waals surface area (Å²) in [5.41, 5.74) is 1.31. The molecular weight excluding hydrogens is 268 g/mol. The van der Waals surface area contributed by atoms with E-state index in [0.29, 0.717) is 11.8 Å². The van der Waals surface area contributed by atoms with Gasteiger partial charge in [0, 0.05) is 12.6 Å². The summed E-state index contributed by atoms with van der Waals surface area (Å²) in [5.74, 6) is -0.520. The normalized spacial score (nSPS) is 17.1. The molecule has 5 nitrogen and oxygen atoms in total. The van der Waals surface area contributed by atoms with Crippen molar-refractivity contribution in [2.24, 2.45) is 0 Å². The number of piperidine rings is 1. The van der Waals surface area contributed by atoms with E-state index in [1.54, 1.807) is 6.07 Å². The Balaban J connectivity index is 1.99. The minimum Gasteiger partial charge on any atom is -0.496 e. The third-order valence-corrected chi connectivity index (χ3v) is 4.19. The standard InChI is InChI=1S/C16H24N2O3/c1-17(2)13-6-8-18(9-7-13)11-12-4-5-14(16(19)20)15(10-12)21-3/h4-5,10,13H,6-9,11H2,1-3H3,(H,19,20). The molecular formula is C16H24N2O3. The smallest absolute Gasteiger partial charge is 0.339 e. The van der Waals surface area contributed by atoms with E-state index in [1.807, 2.05) is 12.1 Å². The maximum atomic E-state index is 11.1. The van der Waals surface area contributed by atoms with E-state index in [9.17, 15) is 4.79 Å². The van der Waals surface area contributed by atoms with E-state index in [1.165, 1.54) is 20.0 Å². The van der Waals surface area contributed by atoms with E-state index in [-0.39, 0.29) is 5.56 Å². The van der Waals surface area contributed by atoms with Gasteiger partial charge in [0.05, 0.1) is 7.11 Å². The van der Waals surface area contributed by atoms with Crippen LogP contribution in [0.4, 0.5) is 0 Å². The fourth-order valence-electron chi connectivity index (χ4n) is 2.86. The Kier molecular flexibility index (Phi) is 5.20. The van der Waals surface area contributed by atoms with Crippen LogP contribution in [0.3, 0.4) is 0 Å². The molecule has 1 heterocycles. The quantitative estimate of drug-likeness (QED) is 0.898. The highest BCUT2D eigenvalue weighted by Gasteiger charge is 2.21. The molecule has 0 unspecified atom stereocenters. The van der Waals surface area contributed by atoms with Gasteiger partial charge in [-0.3, -0.25) is 4.90 Å². The summed E-state index contributed by atoms with van der Waals surface area (Å²) in [6, 6.07) is 6.01. The molecule has 1 aliphatic heterocycles. The lowest BCUT2D eigenvalue weighted by Crippen LogP contribution is -2.41. The molecule has 5 heteroatoms. The molecule has 0 atom stereocenters. The minimum atomic E-state index is -0.954. The van der Waals surface area contributed by atoms with E-state index >= 15 is 0 Å². The second kappa shape index (κ2) is 6.91. The minimum absolute atomic E-state index is 0.215. The average Bonchev–Trinajstić information content (AvgIpc) is 2.47. The first-order valence-electron chi connectivity index (χ1n) is 7.30. The van der Waals surface area contributed by atoms with Crippen molar-refractivity contribution in [2.75, 3.05) is 34.3 Å². The predicted molar refractivity (Wildman–Crippen MR) is 81.9 cm³/mol. The van der Waals surface area contributed by atoms with Crippen LogP contribution < -0.4 is 4.74 Å². The molecule has 1 aromatic carbocycles. The van der Waals surface area contributed by atoms with Gasteiger partial charge in [0.25, 0.3) is 0 Å². The zero-order chi connectivity index (χ0) is 15.4. The van der Waals surface area contributed by atoms with Gasteiger partial charge >= 0.3 is 5.97 Å². The molecule has 0 aromatic heterocycles.